The third-order valence-electron chi connectivity index (χ3n) is 3.53. The van der Waals surface area contributed by atoms with E-state index in [1.807, 2.05) is 4.90 Å². The van der Waals surface area contributed by atoms with Crippen LogP contribution in [0.4, 0.5) is 0 Å². The maximum atomic E-state index is 11.8. The molecule has 0 aromatic heterocycles. The number of nitrogens with one attached hydrogen (secondary N) is 1. The van der Waals surface area contributed by atoms with Gasteiger partial charge < -0.3 is 15.0 Å². The standard InChI is InChI=1S/C12H22N2O2/c1-10(11-2-3-11)8-13-9-12(15)14-4-6-16-7-5-14/h10-11,13H,2-9H2,1H3. The summed E-state index contributed by atoms with van der Waals surface area (Å²) in [6.45, 7) is 6.59. The lowest BCUT2D eigenvalue weighted by Crippen LogP contribution is -2.45. The Balaban J connectivity index is 1.59. The summed E-state index contributed by atoms with van der Waals surface area (Å²) in [5, 5.41) is 3.27. The van der Waals surface area contributed by atoms with E-state index >= 15 is 0 Å². The third-order valence-corrected chi connectivity index (χ3v) is 3.53. The molecule has 1 aliphatic heterocycles. The van der Waals surface area contributed by atoms with Crippen molar-refractivity contribution >= 4 is 5.91 Å². The van der Waals surface area contributed by atoms with E-state index in [1.165, 1.54) is 12.8 Å². The number of amides is 1. The van der Waals surface area contributed by atoms with Gasteiger partial charge in [-0.3, -0.25) is 4.79 Å². The summed E-state index contributed by atoms with van der Waals surface area (Å²) < 4.78 is 5.22. The van der Waals surface area contributed by atoms with E-state index in [-0.39, 0.29) is 5.91 Å². The molecule has 0 aromatic rings. The number of morpholine rings is 1. The van der Waals surface area contributed by atoms with Gasteiger partial charge in [0.05, 0.1) is 19.8 Å². The lowest BCUT2D eigenvalue weighted by atomic mass is 10.1. The average Bonchev–Trinajstić information content (AvgIpc) is 3.14. The van der Waals surface area contributed by atoms with Crippen molar-refractivity contribution in [2.75, 3.05) is 39.4 Å². The summed E-state index contributed by atoms with van der Waals surface area (Å²) in [6, 6.07) is 0. The first-order chi connectivity index (χ1) is 7.77. The highest BCUT2D eigenvalue weighted by Crippen LogP contribution is 2.35. The molecule has 0 bridgehead atoms. The van der Waals surface area contributed by atoms with Crippen LogP contribution in [-0.4, -0.2) is 50.2 Å². The van der Waals surface area contributed by atoms with Crippen LogP contribution in [0.2, 0.25) is 0 Å². The zero-order valence-electron chi connectivity index (χ0n) is 10.1. The molecule has 1 saturated carbocycles. The van der Waals surface area contributed by atoms with Gasteiger partial charge in [0.25, 0.3) is 0 Å². The van der Waals surface area contributed by atoms with Crippen LogP contribution in [-0.2, 0) is 9.53 Å². The van der Waals surface area contributed by atoms with E-state index < -0.39 is 0 Å². The molecule has 1 atom stereocenters. The molecule has 1 aliphatic carbocycles. The maximum absolute atomic E-state index is 11.8. The van der Waals surface area contributed by atoms with Gasteiger partial charge in [-0.25, -0.2) is 0 Å². The van der Waals surface area contributed by atoms with E-state index in [9.17, 15) is 4.79 Å². The molecule has 2 rings (SSSR count). The van der Waals surface area contributed by atoms with Crippen LogP contribution in [0.15, 0.2) is 0 Å². The number of carbonyl (C=O) groups is 1. The first-order valence-corrected chi connectivity index (χ1v) is 6.33. The Labute approximate surface area is 97.3 Å². The Morgan fingerprint density at radius 3 is 2.75 bits per heavy atom. The summed E-state index contributed by atoms with van der Waals surface area (Å²) in [4.78, 5) is 13.7. The quantitative estimate of drug-likeness (QED) is 0.741. The van der Waals surface area contributed by atoms with Gasteiger partial charge in [0.1, 0.15) is 0 Å². The molecule has 0 aromatic carbocycles. The van der Waals surface area contributed by atoms with Gasteiger partial charge in [0, 0.05) is 13.1 Å². The normalized spacial score (nSPS) is 23.2. The predicted molar refractivity (Wildman–Crippen MR) is 62.2 cm³/mol. The second-order valence-corrected chi connectivity index (χ2v) is 4.94. The Hall–Kier alpha value is -0.610. The largest absolute Gasteiger partial charge is 0.378 e. The minimum Gasteiger partial charge on any atom is -0.378 e. The highest BCUT2D eigenvalue weighted by atomic mass is 16.5. The number of rotatable bonds is 5. The monoisotopic (exact) mass is 226 g/mol. The van der Waals surface area contributed by atoms with Crippen molar-refractivity contribution in [3.63, 3.8) is 0 Å². The zero-order chi connectivity index (χ0) is 11.4. The van der Waals surface area contributed by atoms with Crippen molar-refractivity contribution in [1.29, 1.82) is 0 Å². The highest BCUT2D eigenvalue weighted by molar-refractivity contribution is 5.78. The molecular formula is C12H22N2O2. The summed E-state index contributed by atoms with van der Waals surface area (Å²) >= 11 is 0. The van der Waals surface area contributed by atoms with Crippen molar-refractivity contribution in [3.05, 3.63) is 0 Å². The van der Waals surface area contributed by atoms with Gasteiger partial charge in [-0.05, 0) is 31.2 Å². The Morgan fingerprint density at radius 1 is 1.44 bits per heavy atom. The van der Waals surface area contributed by atoms with Gasteiger partial charge >= 0.3 is 0 Å². The molecule has 2 fully saturated rings. The Bertz CT molecular complexity index is 235. The molecule has 92 valence electrons. The molecule has 1 saturated heterocycles. The van der Waals surface area contributed by atoms with Gasteiger partial charge in [-0.2, -0.15) is 0 Å². The number of hydrogen-bond donors (Lipinski definition) is 1. The van der Waals surface area contributed by atoms with E-state index in [0.717, 1.165) is 31.5 Å². The molecular weight excluding hydrogens is 204 g/mol. The SMILES string of the molecule is CC(CNCC(=O)N1CCOCC1)C1CC1. The molecule has 1 heterocycles. The molecule has 1 amide bonds. The Morgan fingerprint density at radius 2 is 2.12 bits per heavy atom. The van der Waals surface area contributed by atoms with Crippen LogP contribution >= 0.6 is 0 Å². The van der Waals surface area contributed by atoms with Crippen LogP contribution in [0, 0.1) is 11.8 Å². The summed E-state index contributed by atoms with van der Waals surface area (Å²) in [5.74, 6) is 1.84. The van der Waals surface area contributed by atoms with Crippen molar-refractivity contribution in [3.8, 4) is 0 Å². The lowest BCUT2D eigenvalue weighted by molar-refractivity contribution is -0.134. The van der Waals surface area contributed by atoms with E-state index in [4.69, 9.17) is 4.74 Å². The molecule has 1 N–H and O–H groups in total. The highest BCUT2D eigenvalue weighted by Gasteiger charge is 2.27. The van der Waals surface area contributed by atoms with E-state index in [1.54, 1.807) is 0 Å². The zero-order valence-corrected chi connectivity index (χ0v) is 10.1. The van der Waals surface area contributed by atoms with Crippen molar-refractivity contribution in [2.45, 2.75) is 19.8 Å². The molecule has 4 nitrogen and oxygen atoms in total. The molecule has 0 radical (unpaired) electrons. The van der Waals surface area contributed by atoms with Crippen molar-refractivity contribution in [1.82, 2.24) is 10.2 Å². The molecule has 1 unspecified atom stereocenters. The number of ether oxygens (including phenoxy) is 1. The van der Waals surface area contributed by atoms with Gasteiger partial charge in [-0.15, -0.1) is 0 Å². The fourth-order valence-corrected chi connectivity index (χ4v) is 2.16. The first kappa shape index (κ1) is 11.9. The summed E-state index contributed by atoms with van der Waals surface area (Å²) in [7, 11) is 0. The number of carbonyl (C=O) groups excluding carboxylic acids is 1. The second-order valence-electron chi connectivity index (χ2n) is 4.94. The topological polar surface area (TPSA) is 41.6 Å². The van der Waals surface area contributed by atoms with Gasteiger partial charge in [0.15, 0.2) is 0 Å². The minimum atomic E-state index is 0.214. The third kappa shape index (κ3) is 3.46. The minimum absolute atomic E-state index is 0.214. The summed E-state index contributed by atoms with van der Waals surface area (Å²) in [5.41, 5.74) is 0. The van der Waals surface area contributed by atoms with Gasteiger partial charge in [0.2, 0.25) is 5.91 Å². The lowest BCUT2D eigenvalue weighted by Gasteiger charge is -2.27. The van der Waals surface area contributed by atoms with Crippen LogP contribution in [0.1, 0.15) is 19.8 Å². The van der Waals surface area contributed by atoms with Crippen LogP contribution in [0.3, 0.4) is 0 Å². The number of hydrogen-bond acceptors (Lipinski definition) is 3. The molecule has 2 aliphatic rings. The number of nitrogens with zero attached hydrogens (tertiary/aromatic N) is 1. The van der Waals surface area contributed by atoms with E-state index in [2.05, 4.69) is 12.2 Å². The van der Waals surface area contributed by atoms with Crippen LogP contribution in [0.25, 0.3) is 0 Å². The van der Waals surface area contributed by atoms with Crippen LogP contribution in [0.5, 0.6) is 0 Å². The molecule has 4 heteroatoms. The van der Waals surface area contributed by atoms with Crippen molar-refractivity contribution in [2.24, 2.45) is 11.8 Å². The van der Waals surface area contributed by atoms with Crippen molar-refractivity contribution < 1.29 is 9.53 Å². The van der Waals surface area contributed by atoms with Crippen LogP contribution < -0.4 is 5.32 Å². The molecule has 0 spiro atoms. The first-order valence-electron chi connectivity index (χ1n) is 6.33. The smallest absolute Gasteiger partial charge is 0.236 e. The maximum Gasteiger partial charge on any atom is 0.236 e. The predicted octanol–water partition coefficient (Wildman–Crippen LogP) is 0.481. The fraction of sp³-hybridized carbons (Fsp3) is 0.917. The fourth-order valence-electron chi connectivity index (χ4n) is 2.16. The second kappa shape index (κ2) is 5.64. The van der Waals surface area contributed by atoms with E-state index in [0.29, 0.717) is 19.8 Å². The average molecular weight is 226 g/mol. The van der Waals surface area contributed by atoms with Gasteiger partial charge in [-0.1, -0.05) is 6.92 Å². The Kier molecular flexibility index (Phi) is 4.18. The molecule has 16 heavy (non-hydrogen) atoms. The summed E-state index contributed by atoms with van der Waals surface area (Å²) in [6.07, 6.45) is 2.75.